The van der Waals surface area contributed by atoms with Crippen LogP contribution in [-0.2, 0) is 0 Å². The zero-order valence-corrected chi connectivity index (χ0v) is 8.28. The molecule has 0 bridgehead atoms. The summed E-state index contributed by atoms with van der Waals surface area (Å²) in [5.41, 5.74) is 0. The van der Waals surface area contributed by atoms with Gasteiger partial charge in [0.1, 0.15) is 0 Å². The minimum absolute atomic E-state index is 0.228. The van der Waals surface area contributed by atoms with E-state index in [1.54, 1.807) is 0 Å². The Morgan fingerprint density at radius 2 is 2.14 bits per heavy atom. The smallest absolute Gasteiger partial charge is 0.315 e. The number of rotatable bonds is 4. The van der Waals surface area contributed by atoms with Crippen LogP contribution in [0.15, 0.2) is 0 Å². The van der Waals surface area contributed by atoms with Crippen LogP contribution in [0.3, 0.4) is 0 Å². The average molecular weight is 206 g/mol. The summed E-state index contributed by atoms with van der Waals surface area (Å²) in [6.45, 7) is 2.62. The number of alkyl halides is 2. The van der Waals surface area contributed by atoms with E-state index in [1.165, 1.54) is 0 Å². The minimum Gasteiger partial charge on any atom is -0.338 e. The van der Waals surface area contributed by atoms with Crippen molar-refractivity contribution in [1.82, 2.24) is 10.6 Å². The van der Waals surface area contributed by atoms with Crippen molar-refractivity contribution in [1.29, 1.82) is 0 Å². The van der Waals surface area contributed by atoms with Gasteiger partial charge in [-0.15, -0.1) is 0 Å². The number of amides is 2. The standard InChI is InChI=1S/C9H16F2N2O/c1-2-3-4-12-8(14)13-7-5-9(10,11)6-7/h7H,2-6H2,1H3,(H2,12,13,14). The van der Waals surface area contributed by atoms with Crippen LogP contribution in [-0.4, -0.2) is 24.5 Å². The molecule has 2 N–H and O–H groups in total. The zero-order valence-electron chi connectivity index (χ0n) is 8.28. The molecule has 1 rings (SSSR count). The largest absolute Gasteiger partial charge is 0.338 e. The maximum atomic E-state index is 12.4. The van der Waals surface area contributed by atoms with Crippen molar-refractivity contribution in [3.63, 3.8) is 0 Å². The number of carbonyl (C=O) groups excluding carboxylic acids is 1. The summed E-state index contributed by atoms with van der Waals surface area (Å²) in [5.74, 6) is -2.57. The number of carbonyl (C=O) groups is 1. The Bertz CT molecular complexity index is 201. The summed E-state index contributed by atoms with van der Waals surface area (Å²) >= 11 is 0. The molecule has 0 atom stereocenters. The zero-order chi connectivity index (χ0) is 10.6. The predicted octanol–water partition coefficient (Wildman–Crippen LogP) is 1.88. The minimum atomic E-state index is -2.57. The molecule has 0 spiro atoms. The average Bonchev–Trinajstić information content (AvgIpc) is 2.01. The van der Waals surface area contributed by atoms with Crippen molar-refractivity contribution in [3.8, 4) is 0 Å². The van der Waals surface area contributed by atoms with Gasteiger partial charge in [0.15, 0.2) is 0 Å². The van der Waals surface area contributed by atoms with Crippen molar-refractivity contribution in [3.05, 3.63) is 0 Å². The van der Waals surface area contributed by atoms with Gasteiger partial charge in [0.2, 0.25) is 0 Å². The molecule has 0 radical (unpaired) electrons. The third-order valence-electron chi connectivity index (χ3n) is 2.24. The first-order valence-electron chi connectivity index (χ1n) is 4.96. The van der Waals surface area contributed by atoms with Gasteiger partial charge in [-0.3, -0.25) is 0 Å². The van der Waals surface area contributed by atoms with E-state index in [4.69, 9.17) is 0 Å². The topological polar surface area (TPSA) is 41.1 Å². The Morgan fingerprint density at radius 3 is 2.64 bits per heavy atom. The molecule has 1 saturated carbocycles. The van der Waals surface area contributed by atoms with Gasteiger partial charge in [0.05, 0.1) is 0 Å². The Kier molecular flexibility index (Phi) is 3.66. The van der Waals surface area contributed by atoms with E-state index in [1.807, 2.05) is 6.92 Å². The van der Waals surface area contributed by atoms with Crippen LogP contribution in [0.4, 0.5) is 13.6 Å². The van der Waals surface area contributed by atoms with Crippen LogP contribution < -0.4 is 10.6 Å². The third kappa shape index (κ3) is 3.47. The number of halogens is 2. The molecule has 0 aromatic carbocycles. The molecule has 5 heteroatoms. The van der Waals surface area contributed by atoms with E-state index in [9.17, 15) is 13.6 Å². The van der Waals surface area contributed by atoms with Gasteiger partial charge in [-0.1, -0.05) is 13.3 Å². The number of urea groups is 1. The molecule has 1 aliphatic rings. The van der Waals surface area contributed by atoms with Gasteiger partial charge in [0.25, 0.3) is 5.92 Å². The van der Waals surface area contributed by atoms with E-state index in [-0.39, 0.29) is 24.9 Å². The molecule has 1 aliphatic carbocycles. The van der Waals surface area contributed by atoms with E-state index in [0.29, 0.717) is 6.54 Å². The highest BCUT2D eigenvalue weighted by Gasteiger charge is 2.45. The molecular formula is C9H16F2N2O. The lowest BCUT2D eigenvalue weighted by molar-refractivity contribution is -0.0896. The molecule has 0 aromatic heterocycles. The van der Waals surface area contributed by atoms with Gasteiger partial charge >= 0.3 is 6.03 Å². The summed E-state index contributed by atoms with van der Waals surface area (Å²) in [5, 5.41) is 5.12. The Balaban J connectivity index is 2.05. The fourth-order valence-electron chi connectivity index (χ4n) is 1.38. The second kappa shape index (κ2) is 4.57. The molecule has 2 amide bonds. The molecule has 0 aliphatic heterocycles. The first kappa shape index (κ1) is 11.2. The Hall–Kier alpha value is -0.870. The van der Waals surface area contributed by atoms with Crippen molar-refractivity contribution >= 4 is 6.03 Å². The quantitative estimate of drug-likeness (QED) is 0.677. The Labute approximate surface area is 82.2 Å². The van der Waals surface area contributed by atoms with E-state index >= 15 is 0 Å². The summed E-state index contributed by atoms with van der Waals surface area (Å²) in [6, 6.07) is -0.689. The monoisotopic (exact) mass is 206 g/mol. The third-order valence-corrected chi connectivity index (χ3v) is 2.24. The lowest BCUT2D eigenvalue weighted by Gasteiger charge is -2.35. The SMILES string of the molecule is CCCCNC(=O)NC1CC(F)(F)C1. The number of nitrogens with one attached hydrogen (secondary N) is 2. The number of unbranched alkanes of at least 4 members (excludes halogenated alkanes) is 1. The molecule has 0 aromatic rings. The normalized spacial score (nSPS) is 19.9. The molecule has 3 nitrogen and oxygen atoms in total. The second-order valence-corrected chi connectivity index (χ2v) is 3.71. The van der Waals surface area contributed by atoms with Gasteiger partial charge in [-0.2, -0.15) is 0 Å². The van der Waals surface area contributed by atoms with Crippen LogP contribution in [0, 0.1) is 0 Å². The van der Waals surface area contributed by atoms with Gasteiger partial charge in [-0.25, -0.2) is 13.6 Å². The first-order chi connectivity index (χ1) is 6.53. The fraction of sp³-hybridized carbons (Fsp3) is 0.889. The fourth-order valence-corrected chi connectivity index (χ4v) is 1.38. The molecule has 82 valence electrons. The van der Waals surface area contributed by atoms with Crippen LogP contribution >= 0.6 is 0 Å². The summed E-state index contributed by atoms with van der Waals surface area (Å²) in [7, 11) is 0. The lowest BCUT2D eigenvalue weighted by atomic mass is 9.88. The number of hydrogen-bond donors (Lipinski definition) is 2. The van der Waals surface area contributed by atoms with Crippen molar-refractivity contribution in [2.24, 2.45) is 0 Å². The number of hydrogen-bond acceptors (Lipinski definition) is 1. The first-order valence-corrected chi connectivity index (χ1v) is 4.96. The van der Waals surface area contributed by atoms with E-state index < -0.39 is 5.92 Å². The van der Waals surface area contributed by atoms with Crippen LogP contribution in [0.2, 0.25) is 0 Å². The van der Waals surface area contributed by atoms with E-state index in [0.717, 1.165) is 12.8 Å². The molecule has 0 heterocycles. The van der Waals surface area contributed by atoms with Crippen LogP contribution in [0.5, 0.6) is 0 Å². The maximum Gasteiger partial charge on any atom is 0.315 e. The van der Waals surface area contributed by atoms with Gasteiger partial charge in [0, 0.05) is 25.4 Å². The van der Waals surface area contributed by atoms with Gasteiger partial charge < -0.3 is 10.6 Å². The lowest BCUT2D eigenvalue weighted by Crippen LogP contribution is -2.53. The molecule has 1 fully saturated rings. The second-order valence-electron chi connectivity index (χ2n) is 3.71. The molecule has 0 saturated heterocycles. The summed E-state index contributed by atoms with van der Waals surface area (Å²) in [4.78, 5) is 11.1. The van der Waals surface area contributed by atoms with Gasteiger partial charge in [-0.05, 0) is 6.42 Å². The van der Waals surface area contributed by atoms with Crippen LogP contribution in [0.1, 0.15) is 32.6 Å². The van der Waals surface area contributed by atoms with E-state index in [2.05, 4.69) is 10.6 Å². The molecular weight excluding hydrogens is 190 g/mol. The van der Waals surface area contributed by atoms with Crippen molar-refractivity contribution < 1.29 is 13.6 Å². The molecule has 14 heavy (non-hydrogen) atoms. The maximum absolute atomic E-state index is 12.4. The predicted molar refractivity (Wildman–Crippen MR) is 49.4 cm³/mol. The summed E-state index contributed by atoms with van der Waals surface area (Å²) < 4.78 is 24.7. The highest BCUT2D eigenvalue weighted by molar-refractivity contribution is 5.74. The van der Waals surface area contributed by atoms with Crippen LogP contribution in [0.25, 0.3) is 0 Å². The van der Waals surface area contributed by atoms with Crippen molar-refractivity contribution in [2.75, 3.05) is 6.54 Å². The highest BCUT2D eigenvalue weighted by atomic mass is 19.3. The molecule has 0 unspecified atom stereocenters. The van der Waals surface area contributed by atoms with Crippen molar-refractivity contribution in [2.45, 2.75) is 44.6 Å². The Morgan fingerprint density at radius 1 is 1.50 bits per heavy atom. The highest BCUT2D eigenvalue weighted by Crippen LogP contribution is 2.37. The summed E-state index contributed by atoms with van der Waals surface area (Å²) in [6.07, 6.45) is 1.46.